The molecule has 0 radical (unpaired) electrons. The molecule has 0 amide bonds. The molecular formula is C17H17NO2S. The molecule has 1 saturated carbocycles. The maximum absolute atomic E-state index is 10.7. The Morgan fingerprint density at radius 3 is 2.67 bits per heavy atom. The van der Waals surface area contributed by atoms with Crippen LogP contribution in [0.1, 0.15) is 41.8 Å². The molecule has 108 valence electrons. The SMILES string of the molecule is CCc1ccc(-c2nc(C3CC3)c(/C=C/C(=O)O)s2)cc1. The Kier molecular flexibility index (Phi) is 3.88. The highest BCUT2D eigenvalue weighted by molar-refractivity contribution is 7.16. The van der Waals surface area contributed by atoms with Gasteiger partial charge in [0.2, 0.25) is 0 Å². The highest BCUT2D eigenvalue weighted by Gasteiger charge is 2.29. The summed E-state index contributed by atoms with van der Waals surface area (Å²) in [6.07, 6.45) is 6.22. The van der Waals surface area contributed by atoms with Gasteiger partial charge in [-0.2, -0.15) is 0 Å². The predicted molar refractivity (Wildman–Crippen MR) is 85.6 cm³/mol. The number of thiazole rings is 1. The van der Waals surface area contributed by atoms with E-state index in [9.17, 15) is 4.79 Å². The number of nitrogens with zero attached hydrogens (tertiary/aromatic N) is 1. The number of aryl methyl sites for hydroxylation is 1. The minimum Gasteiger partial charge on any atom is -0.478 e. The van der Waals surface area contributed by atoms with Crippen LogP contribution in [0, 0.1) is 0 Å². The number of rotatable bonds is 5. The second-order valence-corrected chi connectivity index (χ2v) is 6.30. The van der Waals surface area contributed by atoms with E-state index in [-0.39, 0.29) is 0 Å². The number of benzene rings is 1. The molecule has 0 bridgehead atoms. The Balaban J connectivity index is 1.95. The first-order valence-corrected chi connectivity index (χ1v) is 8.00. The molecule has 2 aromatic rings. The third kappa shape index (κ3) is 3.22. The van der Waals surface area contributed by atoms with E-state index in [1.165, 1.54) is 11.6 Å². The third-order valence-electron chi connectivity index (χ3n) is 3.63. The summed E-state index contributed by atoms with van der Waals surface area (Å²) in [6.45, 7) is 2.14. The molecule has 0 saturated heterocycles. The van der Waals surface area contributed by atoms with Gasteiger partial charge in [-0.1, -0.05) is 31.2 Å². The maximum Gasteiger partial charge on any atom is 0.328 e. The van der Waals surface area contributed by atoms with Gasteiger partial charge < -0.3 is 5.11 Å². The topological polar surface area (TPSA) is 50.2 Å². The van der Waals surface area contributed by atoms with Crippen molar-refractivity contribution in [2.24, 2.45) is 0 Å². The van der Waals surface area contributed by atoms with E-state index in [2.05, 4.69) is 31.2 Å². The standard InChI is InChI=1S/C17H17NO2S/c1-2-11-3-5-13(6-4-11)17-18-16(12-7-8-12)14(21-17)9-10-15(19)20/h3-6,9-10,12H,2,7-8H2,1H3,(H,19,20)/b10-9+. The van der Waals surface area contributed by atoms with Crippen LogP contribution in [0.2, 0.25) is 0 Å². The maximum atomic E-state index is 10.7. The summed E-state index contributed by atoms with van der Waals surface area (Å²) in [4.78, 5) is 16.4. The summed E-state index contributed by atoms with van der Waals surface area (Å²) in [5.41, 5.74) is 3.48. The largest absolute Gasteiger partial charge is 0.478 e. The zero-order valence-corrected chi connectivity index (χ0v) is 12.7. The quantitative estimate of drug-likeness (QED) is 0.835. The summed E-state index contributed by atoms with van der Waals surface area (Å²) < 4.78 is 0. The summed E-state index contributed by atoms with van der Waals surface area (Å²) in [6, 6.07) is 8.44. The molecule has 1 heterocycles. The van der Waals surface area contributed by atoms with E-state index < -0.39 is 5.97 Å². The van der Waals surface area contributed by atoms with Crippen LogP contribution in [0.15, 0.2) is 30.3 Å². The van der Waals surface area contributed by atoms with Crippen LogP contribution in [-0.4, -0.2) is 16.1 Å². The molecule has 0 atom stereocenters. The van der Waals surface area contributed by atoms with Crippen molar-refractivity contribution in [3.63, 3.8) is 0 Å². The lowest BCUT2D eigenvalue weighted by molar-refractivity contribution is -0.131. The lowest BCUT2D eigenvalue weighted by Gasteiger charge is -1.98. The molecule has 21 heavy (non-hydrogen) atoms. The van der Waals surface area contributed by atoms with Crippen molar-refractivity contribution in [1.82, 2.24) is 4.98 Å². The molecule has 1 fully saturated rings. The molecule has 1 aromatic carbocycles. The molecule has 4 heteroatoms. The zero-order chi connectivity index (χ0) is 14.8. The average Bonchev–Trinajstić information content (AvgIpc) is 3.25. The smallest absolute Gasteiger partial charge is 0.328 e. The normalized spacial score (nSPS) is 14.7. The summed E-state index contributed by atoms with van der Waals surface area (Å²) in [7, 11) is 0. The minimum absolute atomic E-state index is 0.512. The molecular weight excluding hydrogens is 282 g/mol. The summed E-state index contributed by atoms with van der Waals surface area (Å²) >= 11 is 1.58. The Labute approximate surface area is 128 Å². The van der Waals surface area contributed by atoms with Gasteiger partial charge in [0.1, 0.15) is 5.01 Å². The molecule has 1 aromatic heterocycles. The molecule has 0 aliphatic heterocycles. The average molecular weight is 299 g/mol. The van der Waals surface area contributed by atoms with Crippen LogP contribution in [0.4, 0.5) is 0 Å². The number of aromatic nitrogens is 1. The van der Waals surface area contributed by atoms with Crippen molar-refractivity contribution in [3.8, 4) is 10.6 Å². The van der Waals surface area contributed by atoms with Crippen molar-refractivity contribution in [1.29, 1.82) is 0 Å². The number of carboxylic acid groups (broad SMARTS) is 1. The van der Waals surface area contributed by atoms with Crippen LogP contribution in [-0.2, 0) is 11.2 Å². The molecule has 0 unspecified atom stereocenters. The van der Waals surface area contributed by atoms with Gasteiger partial charge >= 0.3 is 5.97 Å². The van der Waals surface area contributed by atoms with Gasteiger partial charge in [-0.25, -0.2) is 9.78 Å². The lowest BCUT2D eigenvalue weighted by Crippen LogP contribution is -1.87. The molecule has 1 N–H and O–H groups in total. The monoisotopic (exact) mass is 299 g/mol. The summed E-state index contributed by atoms with van der Waals surface area (Å²) in [5, 5.41) is 9.78. The Bertz CT molecular complexity index is 681. The highest BCUT2D eigenvalue weighted by Crippen LogP contribution is 2.44. The first-order valence-electron chi connectivity index (χ1n) is 7.18. The van der Waals surface area contributed by atoms with Gasteiger partial charge in [-0.15, -0.1) is 11.3 Å². The third-order valence-corrected chi connectivity index (χ3v) is 4.72. The first-order chi connectivity index (χ1) is 10.2. The van der Waals surface area contributed by atoms with Gasteiger partial charge in [0.15, 0.2) is 0 Å². The van der Waals surface area contributed by atoms with Crippen LogP contribution >= 0.6 is 11.3 Å². The van der Waals surface area contributed by atoms with Gasteiger partial charge in [-0.05, 0) is 30.9 Å². The fraction of sp³-hybridized carbons (Fsp3) is 0.294. The molecule has 3 nitrogen and oxygen atoms in total. The van der Waals surface area contributed by atoms with Crippen molar-refractivity contribution in [2.45, 2.75) is 32.1 Å². The number of aliphatic carboxylic acids is 1. The second kappa shape index (κ2) is 5.82. The number of carboxylic acids is 1. The predicted octanol–water partition coefficient (Wildman–Crippen LogP) is 4.35. The van der Waals surface area contributed by atoms with E-state index in [0.29, 0.717) is 5.92 Å². The van der Waals surface area contributed by atoms with Crippen molar-refractivity contribution < 1.29 is 9.90 Å². The van der Waals surface area contributed by atoms with Gasteiger partial charge in [0, 0.05) is 17.6 Å². The van der Waals surface area contributed by atoms with E-state index in [4.69, 9.17) is 10.1 Å². The second-order valence-electron chi connectivity index (χ2n) is 5.26. The number of hydrogen-bond donors (Lipinski definition) is 1. The Hall–Kier alpha value is -1.94. The van der Waals surface area contributed by atoms with Crippen LogP contribution in [0.3, 0.4) is 0 Å². The number of carbonyl (C=O) groups is 1. The van der Waals surface area contributed by atoms with Crippen molar-refractivity contribution >= 4 is 23.4 Å². The Morgan fingerprint density at radius 2 is 2.10 bits per heavy atom. The zero-order valence-electron chi connectivity index (χ0n) is 11.9. The van der Waals surface area contributed by atoms with Crippen LogP contribution in [0.5, 0.6) is 0 Å². The van der Waals surface area contributed by atoms with Gasteiger partial charge in [0.25, 0.3) is 0 Å². The summed E-state index contributed by atoms with van der Waals surface area (Å²) in [5.74, 6) is -0.405. The minimum atomic E-state index is -0.918. The van der Waals surface area contributed by atoms with Crippen LogP contribution < -0.4 is 0 Å². The first kappa shape index (κ1) is 14.0. The fourth-order valence-corrected chi connectivity index (χ4v) is 3.33. The fourth-order valence-electron chi connectivity index (χ4n) is 2.27. The van der Waals surface area contributed by atoms with Gasteiger partial charge in [0.05, 0.1) is 10.6 Å². The van der Waals surface area contributed by atoms with Gasteiger partial charge in [-0.3, -0.25) is 0 Å². The van der Waals surface area contributed by atoms with Crippen LogP contribution in [0.25, 0.3) is 16.6 Å². The highest BCUT2D eigenvalue weighted by atomic mass is 32.1. The molecule has 1 aliphatic carbocycles. The van der Waals surface area contributed by atoms with Crippen molar-refractivity contribution in [2.75, 3.05) is 0 Å². The molecule has 3 rings (SSSR count). The van der Waals surface area contributed by atoms with E-state index in [1.54, 1.807) is 17.4 Å². The molecule has 1 aliphatic rings. The van der Waals surface area contributed by atoms with E-state index in [0.717, 1.165) is 40.4 Å². The van der Waals surface area contributed by atoms with Crippen molar-refractivity contribution in [3.05, 3.63) is 46.5 Å². The van der Waals surface area contributed by atoms with E-state index >= 15 is 0 Å². The lowest BCUT2D eigenvalue weighted by atomic mass is 10.1. The van der Waals surface area contributed by atoms with E-state index in [1.807, 2.05) is 0 Å². The Morgan fingerprint density at radius 1 is 1.38 bits per heavy atom. The number of hydrogen-bond acceptors (Lipinski definition) is 3. The molecule has 0 spiro atoms.